The van der Waals surface area contributed by atoms with E-state index in [2.05, 4.69) is 56.2 Å². The first-order valence-electron chi connectivity index (χ1n) is 8.95. The van der Waals surface area contributed by atoms with Gasteiger partial charge in [0.25, 0.3) is 0 Å². The minimum absolute atomic E-state index is 0.0583. The smallest absolute Gasteiger partial charge is 0.0635 e. The van der Waals surface area contributed by atoms with Crippen LogP contribution in [0.3, 0.4) is 0 Å². The highest BCUT2D eigenvalue weighted by molar-refractivity contribution is 5.70. The maximum absolute atomic E-state index is 5.97. The lowest BCUT2D eigenvalue weighted by Gasteiger charge is -2.44. The normalized spacial score (nSPS) is 28.5. The van der Waals surface area contributed by atoms with E-state index in [-0.39, 0.29) is 11.0 Å². The molecule has 0 radical (unpaired) electrons. The number of aliphatic imine (C=N–C) groups is 1. The highest BCUT2D eigenvalue weighted by Gasteiger charge is 2.41. The molecule has 3 rings (SSSR count). The number of ether oxygens (including phenoxy) is 1. The minimum Gasteiger partial charge on any atom is -0.376 e. The summed E-state index contributed by atoms with van der Waals surface area (Å²) in [6.45, 7) is 11.0. The van der Waals surface area contributed by atoms with Crippen LogP contribution in [-0.2, 0) is 4.74 Å². The standard InChI is InChI=1S/C20H30N2O/c1-17-6-8-18(9-7-17)21-15-20(16-22-11-4-5-12-22)10-13-23-19(2,3)14-20/h6-9,15H,4-5,10-14,16H2,1-3H3/t20-/m1/s1. The second kappa shape index (κ2) is 6.74. The van der Waals surface area contributed by atoms with Crippen LogP contribution in [0.25, 0.3) is 0 Å². The summed E-state index contributed by atoms with van der Waals surface area (Å²) < 4.78 is 5.97. The quantitative estimate of drug-likeness (QED) is 0.771. The van der Waals surface area contributed by atoms with Gasteiger partial charge in [-0.05, 0) is 71.7 Å². The minimum atomic E-state index is -0.0583. The molecular weight excluding hydrogens is 284 g/mol. The molecule has 0 N–H and O–H groups in total. The van der Waals surface area contributed by atoms with E-state index in [0.29, 0.717) is 0 Å². The van der Waals surface area contributed by atoms with Crippen LogP contribution in [0.5, 0.6) is 0 Å². The monoisotopic (exact) mass is 314 g/mol. The first-order chi connectivity index (χ1) is 11.0. The van der Waals surface area contributed by atoms with Crippen LogP contribution in [-0.4, -0.2) is 43.0 Å². The van der Waals surface area contributed by atoms with Crippen LogP contribution in [0, 0.1) is 12.3 Å². The maximum atomic E-state index is 5.97. The third-order valence-electron chi connectivity index (χ3n) is 5.13. The molecule has 2 fully saturated rings. The van der Waals surface area contributed by atoms with E-state index in [4.69, 9.17) is 9.73 Å². The fraction of sp³-hybridized carbons (Fsp3) is 0.650. The number of hydrogen-bond donors (Lipinski definition) is 0. The lowest BCUT2D eigenvalue weighted by molar-refractivity contribution is -0.0897. The van der Waals surface area contributed by atoms with Crippen molar-refractivity contribution in [3.05, 3.63) is 29.8 Å². The molecule has 0 bridgehead atoms. The Labute approximate surface area is 140 Å². The zero-order valence-corrected chi connectivity index (χ0v) is 14.8. The van der Waals surface area contributed by atoms with Gasteiger partial charge in [-0.3, -0.25) is 4.99 Å². The molecule has 23 heavy (non-hydrogen) atoms. The van der Waals surface area contributed by atoms with Gasteiger partial charge >= 0.3 is 0 Å². The van der Waals surface area contributed by atoms with Crippen molar-refractivity contribution in [1.29, 1.82) is 0 Å². The Morgan fingerprint density at radius 1 is 1.17 bits per heavy atom. The lowest BCUT2D eigenvalue weighted by Crippen LogP contribution is -2.48. The van der Waals surface area contributed by atoms with Gasteiger partial charge in [0.2, 0.25) is 0 Å². The van der Waals surface area contributed by atoms with E-state index in [1.54, 1.807) is 0 Å². The third kappa shape index (κ3) is 4.42. The van der Waals surface area contributed by atoms with E-state index in [1.807, 2.05) is 0 Å². The van der Waals surface area contributed by atoms with Crippen LogP contribution >= 0.6 is 0 Å². The predicted molar refractivity (Wildman–Crippen MR) is 96.7 cm³/mol. The Kier molecular flexibility index (Phi) is 4.88. The molecule has 126 valence electrons. The Morgan fingerprint density at radius 3 is 2.52 bits per heavy atom. The molecule has 3 heteroatoms. The van der Waals surface area contributed by atoms with E-state index in [0.717, 1.165) is 31.7 Å². The maximum Gasteiger partial charge on any atom is 0.0635 e. The average molecular weight is 314 g/mol. The Hall–Kier alpha value is -1.19. The van der Waals surface area contributed by atoms with Crippen LogP contribution in [0.2, 0.25) is 0 Å². The van der Waals surface area contributed by atoms with Gasteiger partial charge in [0.05, 0.1) is 11.3 Å². The van der Waals surface area contributed by atoms with Gasteiger partial charge < -0.3 is 9.64 Å². The van der Waals surface area contributed by atoms with Gasteiger partial charge in [0.15, 0.2) is 0 Å². The van der Waals surface area contributed by atoms with Crippen molar-refractivity contribution in [3.8, 4) is 0 Å². The SMILES string of the molecule is Cc1ccc(N=C[C@@]2(CN3CCCC3)CCOC(C)(C)C2)cc1. The summed E-state index contributed by atoms with van der Waals surface area (Å²) in [5, 5.41) is 0. The molecule has 1 aromatic carbocycles. The van der Waals surface area contributed by atoms with Crippen molar-refractivity contribution in [2.24, 2.45) is 10.4 Å². The second-order valence-electron chi connectivity index (χ2n) is 7.97. The zero-order valence-electron chi connectivity index (χ0n) is 14.8. The molecule has 1 atom stereocenters. The van der Waals surface area contributed by atoms with E-state index in [1.165, 1.54) is 31.5 Å². The predicted octanol–water partition coefficient (Wildman–Crippen LogP) is 4.37. The third-order valence-corrected chi connectivity index (χ3v) is 5.13. The summed E-state index contributed by atoms with van der Waals surface area (Å²) in [5.74, 6) is 0. The summed E-state index contributed by atoms with van der Waals surface area (Å²) in [5.41, 5.74) is 2.41. The lowest BCUT2D eigenvalue weighted by atomic mass is 9.74. The van der Waals surface area contributed by atoms with E-state index < -0.39 is 0 Å². The van der Waals surface area contributed by atoms with Gasteiger partial charge in [-0.1, -0.05) is 17.7 Å². The molecule has 0 spiro atoms. The summed E-state index contributed by atoms with van der Waals surface area (Å²) >= 11 is 0. The molecule has 2 saturated heterocycles. The number of aryl methyl sites for hydroxylation is 1. The summed E-state index contributed by atoms with van der Waals surface area (Å²) in [6.07, 6.45) is 7.03. The molecular formula is C20H30N2O. The number of likely N-dealkylation sites (tertiary alicyclic amines) is 1. The fourth-order valence-electron chi connectivity index (χ4n) is 4.03. The molecule has 2 aliphatic heterocycles. The Bertz CT molecular complexity index is 543. The van der Waals surface area contributed by atoms with E-state index in [9.17, 15) is 0 Å². The number of benzene rings is 1. The average Bonchev–Trinajstić information content (AvgIpc) is 2.98. The van der Waals surface area contributed by atoms with Crippen molar-refractivity contribution in [2.75, 3.05) is 26.2 Å². The highest BCUT2D eigenvalue weighted by Crippen LogP contribution is 2.39. The van der Waals surface area contributed by atoms with E-state index >= 15 is 0 Å². The molecule has 0 aliphatic carbocycles. The van der Waals surface area contributed by atoms with Crippen molar-refractivity contribution in [2.45, 2.75) is 52.1 Å². The summed E-state index contributed by atoms with van der Waals surface area (Å²) in [7, 11) is 0. The highest BCUT2D eigenvalue weighted by atomic mass is 16.5. The van der Waals surface area contributed by atoms with Crippen LogP contribution < -0.4 is 0 Å². The fourth-order valence-corrected chi connectivity index (χ4v) is 4.03. The molecule has 3 nitrogen and oxygen atoms in total. The van der Waals surface area contributed by atoms with Gasteiger partial charge in [0, 0.05) is 24.8 Å². The molecule has 0 unspecified atom stereocenters. The molecule has 2 heterocycles. The van der Waals surface area contributed by atoms with Gasteiger partial charge in [-0.25, -0.2) is 0 Å². The number of nitrogens with zero attached hydrogens (tertiary/aromatic N) is 2. The van der Waals surface area contributed by atoms with Gasteiger partial charge in [0.1, 0.15) is 0 Å². The topological polar surface area (TPSA) is 24.8 Å². The van der Waals surface area contributed by atoms with Crippen molar-refractivity contribution >= 4 is 11.9 Å². The molecule has 1 aromatic rings. The van der Waals surface area contributed by atoms with Crippen molar-refractivity contribution in [1.82, 2.24) is 4.90 Å². The first-order valence-corrected chi connectivity index (χ1v) is 8.95. The summed E-state index contributed by atoms with van der Waals surface area (Å²) in [4.78, 5) is 7.46. The van der Waals surface area contributed by atoms with Crippen molar-refractivity contribution < 1.29 is 4.74 Å². The number of hydrogen-bond acceptors (Lipinski definition) is 3. The van der Waals surface area contributed by atoms with Crippen LogP contribution in [0.4, 0.5) is 5.69 Å². The molecule has 0 aromatic heterocycles. The molecule has 2 aliphatic rings. The van der Waals surface area contributed by atoms with Gasteiger partial charge in [-0.2, -0.15) is 0 Å². The Balaban J connectivity index is 1.80. The Morgan fingerprint density at radius 2 is 1.87 bits per heavy atom. The van der Waals surface area contributed by atoms with Gasteiger partial charge in [-0.15, -0.1) is 0 Å². The van der Waals surface area contributed by atoms with Crippen LogP contribution in [0.1, 0.15) is 45.1 Å². The first kappa shape index (κ1) is 16.7. The molecule has 0 saturated carbocycles. The zero-order chi connectivity index (χ0) is 16.3. The summed E-state index contributed by atoms with van der Waals surface area (Å²) in [6, 6.07) is 8.49. The second-order valence-corrected chi connectivity index (χ2v) is 7.97. The molecule has 0 amide bonds. The number of rotatable bonds is 4. The van der Waals surface area contributed by atoms with Crippen molar-refractivity contribution in [3.63, 3.8) is 0 Å². The largest absolute Gasteiger partial charge is 0.376 e. The van der Waals surface area contributed by atoms with Crippen LogP contribution in [0.15, 0.2) is 29.3 Å².